The Balaban J connectivity index is 1.59. The zero-order chi connectivity index (χ0) is 32.5. The summed E-state index contributed by atoms with van der Waals surface area (Å²) in [6.45, 7) is 16.3. The standard InChI is InChI=1S/C36H44N6O2S/c1-9-40(10-2)25-14-16-26(17-15-25)41-23(3)21-28(24(41)4)33-32(30-13-11-12-20-37-30)39-35(45)42(33)27-18-19-29(31(22-27)44-8)38-34(43)36(5,6)7/h11-22,32-33H,9-10H2,1-8H3,(H,38,43)(H,39,45). The number of benzene rings is 2. The Morgan fingerprint density at radius 2 is 1.71 bits per heavy atom. The van der Waals surface area contributed by atoms with Crippen LogP contribution < -0.4 is 25.2 Å². The van der Waals surface area contributed by atoms with Crippen LogP contribution in [0, 0.1) is 19.3 Å². The maximum absolute atomic E-state index is 12.8. The summed E-state index contributed by atoms with van der Waals surface area (Å²) in [7, 11) is 1.61. The Kier molecular flexibility index (Phi) is 9.20. The lowest BCUT2D eigenvalue weighted by molar-refractivity contribution is -0.123. The van der Waals surface area contributed by atoms with Gasteiger partial charge in [-0.05, 0) is 100 Å². The molecule has 4 aromatic rings. The van der Waals surface area contributed by atoms with Gasteiger partial charge in [0.15, 0.2) is 5.11 Å². The molecule has 8 nitrogen and oxygen atoms in total. The summed E-state index contributed by atoms with van der Waals surface area (Å²) in [5, 5.41) is 7.18. The first-order valence-electron chi connectivity index (χ1n) is 15.5. The Morgan fingerprint density at radius 1 is 1.02 bits per heavy atom. The maximum Gasteiger partial charge on any atom is 0.229 e. The van der Waals surface area contributed by atoms with Crippen LogP contribution in [0.4, 0.5) is 17.1 Å². The first-order valence-corrected chi connectivity index (χ1v) is 15.9. The average molecular weight is 625 g/mol. The van der Waals surface area contributed by atoms with Crippen LogP contribution in [0.1, 0.15) is 69.3 Å². The number of carbonyl (C=O) groups is 1. The van der Waals surface area contributed by atoms with E-state index in [-0.39, 0.29) is 18.0 Å². The van der Waals surface area contributed by atoms with Crippen LogP contribution in [0.5, 0.6) is 5.75 Å². The van der Waals surface area contributed by atoms with E-state index in [1.54, 1.807) is 7.11 Å². The topological polar surface area (TPSA) is 74.7 Å². The van der Waals surface area contributed by atoms with Crippen molar-refractivity contribution in [1.82, 2.24) is 14.9 Å². The molecule has 2 unspecified atom stereocenters. The molecule has 3 heterocycles. The van der Waals surface area contributed by atoms with Crippen molar-refractivity contribution >= 4 is 40.3 Å². The van der Waals surface area contributed by atoms with Gasteiger partial charge in [-0.25, -0.2) is 0 Å². The molecular formula is C36H44N6O2S. The monoisotopic (exact) mass is 624 g/mol. The summed E-state index contributed by atoms with van der Waals surface area (Å²) < 4.78 is 8.08. The molecule has 0 bridgehead atoms. The van der Waals surface area contributed by atoms with Crippen LogP contribution in [0.25, 0.3) is 5.69 Å². The molecule has 45 heavy (non-hydrogen) atoms. The number of anilines is 3. The fraction of sp³-hybridized carbons (Fsp3) is 0.361. The number of thiocarbonyl (C=S) groups is 1. The summed E-state index contributed by atoms with van der Waals surface area (Å²) in [6.07, 6.45) is 1.82. The number of ether oxygens (including phenoxy) is 1. The number of rotatable bonds is 9. The van der Waals surface area contributed by atoms with Crippen molar-refractivity contribution in [2.45, 2.75) is 60.5 Å². The molecule has 0 spiro atoms. The highest BCUT2D eigenvalue weighted by molar-refractivity contribution is 7.80. The van der Waals surface area contributed by atoms with E-state index in [1.165, 1.54) is 5.69 Å². The van der Waals surface area contributed by atoms with Crippen LogP contribution >= 0.6 is 12.2 Å². The largest absolute Gasteiger partial charge is 0.494 e. The van der Waals surface area contributed by atoms with E-state index >= 15 is 0 Å². The van der Waals surface area contributed by atoms with Gasteiger partial charge in [0.05, 0.1) is 30.6 Å². The SMILES string of the molecule is CCN(CC)c1ccc(-n2c(C)cc(C3C(c4ccccn4)NC(=S)N3c3ccc(NC(=O)C(C)(C)C)c(OC)c3)c2C)cc1. The normalized spacial score (nSPS) is 16.4. The van der Waals surface area contributed by atoms with E-state index in [4.69, 9.17) is 21.9 Å². The molecule has 9 heteroatoms. The minimum atomic E-state index is -0.542. The lowest BCUT2D eigenvalue weighted by Gasteiger charge is -2.29. The van der Waals surface area contributed by atoms with Crippen molar-refractivity contribution in [1.29, 1.82) is 0 Å². The van der Waals surface area contributed by atoms with Gasteiger partial charge in [0.1, 0.15) is 5.75 Å². The molecule has 2 aromatic heterocycles. The highest BCUT2D eigenvalue weighted by atomic mass is 32.1. The van der Waals surface area contributed by atoms with E-state index < -0.39 is 5.41 Å². The van der Waals surface area contributed by atoms with E-state index in [0.717, 1.165) is 47.1 Å². The number of hydrogen-bond donors (Lipinski definition) is 2. The van der Waals surface area contributed by atoms with Gasteiger partial charge in [0.25, 0.3) is 0 Å². The van der Waals surface area contributed by atoms with Crippen molar-refractivity contribution in [3.8, 4) is 11.4 Å². The van der Waals surface area contributed by atoms with Crippen molar-refractivity contribution in [2.24, 2.45) is 5.41 Å². The third kappa shape index (κ3) is 6.27. The molecule has 2 N–H and O–H groups in total. The predicted molar refractivity (Wildman–Crippen MR) is 188 cm³/mol. The number of methoxy groups -OCH3 is 1. The molecule has 0 aliphatic carbocycles. The zero-order valence-corrected chi connectivity index (χ0v) is 28.3. The number of nitrogens with one attached hydrogen (secondary N) is 2. The Hall–Kier alpha value is -4.37. The smallest absolute Gasteiger partial charge is 0.229 e. The number of nitrogens with zero attached hydrogens (tertiary/aromatic N) is 4. The number of carbonyl (C=O) groups excluding carboxylic acids is 1. The molecule has 1 aliphatic rings. The number of pyridine rings is 1. The van der Waals surface area contributed by atoms with Crippen molar-refractivity contribution in [3.05, 3.63) is 95.6 Å². The molecule has 2 aromatic carbocycles. The number of hydrogen-bond acceptors (Lipinski definition) is 5. The minimum absolute atomic E-state index is 0.0856. The molecule has 0 radical (unpaired) electrons. The molecule has 236 valence electrons. The molecular weight excluding hydrogens is 581 g/mol. The van der Waals surface area contributed by atoms with Crippen LogP contribution in [-0.4, -0.2) is 40.8 Å². The van der Waals surface area contributed by atoms with Gasteiger partial charge in [-0.15, -0.1) is 0 Å². The van der Waals surface area contributed by atoms with Gasteiger partial charge in [-0.2, -0.15) is 0 Å². The second-order valence-electron chi connectivity index (χ2n) is 12.4. The van der Waals surface area contributed by atoms with Gasteiger partial charge >= 0.3 is 0 Å². The molecule has 0 saturated carbocycles. The zero-order valence-electron chi connectivity index (χ0n) is 27.5. The van der Waals surface area contributed by atoms with Gasteiger partial charge < -0.3 is 29.7 Å². The fourth-order valence-corrected chi connectivity index (χ4v) is 6.42. The van der Waals surface area contributed by atoms with Gasteiger partial charge in [0.2, 0.25) is 5.91 Å². The number of aryl methyl sites for hydroxylation is 1. The molecule has 1 fully saturated rings. The lowest BCUT2D eigenvalue weighted by Crippen LogP contribution is -2.30. The molecule has 1 saturated heterocycles. The second kappa shape index (κ2) is 12.9. The molecule has 2 atom stereocenters. The van der Waals surface area contributed by atoms with E-state index in [0.29, 0.717) is 16.5 Å². The van der Waals surface area contributed by atoms with Crippen molar-refractivity contribution in [2.75, 3.05) is 35.3 Å². The second-order valence-corrected chi connectivity index (χ2v) is 12.8. The van der Waals surface area contributed by atoms with Crippen molar-refractivity contribution < 1.29 is 9.53 Å². The molecule has 1 aliphatic heterocycles. The summed E-state index contributed by atoms with van der Waals surface area (Å²) in [6, 6.07) is 22.4. The summed E-state index contributed by atoms with van der Waals surface area (Å²) in [4.78, 5) is 22.0. The van der Waals surface area contributed by atoms with Crippen LogP contribution in [0.3, 0.4) is 0 Å². The predicted octanol–water partition coefficient (Wildman–Crippen LogP) is 7.51. The van der Waals surface area contributed by atoms with Crippen LogP contribution in [0.2, 0.25) is 0 Å². The number of aromatic nitrogens is 2. The first kappa shape index (κ1) is 32.0. The van der Waals surface area contributed by atoms with E-state index in [2.05, 4.69) is 83.0 Å². The van der Waals surface area contributed by atoms with E-state index in [1.807, 2.05) is 63.4 Å². The number of amides is 1. The third-order valence-corrected chi connectivity index (χ3v) is 8.83. The Labute approximate surface area is 272 Å². The Morgan fingerprint density at radius 3 is 2.31 bits per heavy atom. The highest BCUT2D eigenvalue weighted by Gasteiger charge is 2.42. The highest BCUT2D eigenvalue weighted by Crippen LogP contribution is 2.45. The van der Waals surface area contributed by atoms with Crippen LogP contribution in [-0.2, 0) is 4.79 Å². The minimum Gasteiger partial charge on any atom is -0.494 e. The first-order chi connectivity index (χ1) is 21.5. The summed E-state index contributed by atoms with van der Waals surface area (Å²) in [5.41, 5.74) is 7.57. The van der Waals surface area contributed by atoms with Gasteiger partial charge in [0, 0.05) is 59.2 Å². The fourth-order valence-electron chi connectivity index (χ4n) is 6.08. The third-order valence-electron chi connectivity index (χ3n) is 8.52. The van der Waals surface area contributed by atoms with E-state index in [9.17, 15) is 4.79 Å². The summed E-state index contributed by atoms with van der Waals surface area (Å²) >= 11 is 6.01. The lowest BCUT2D eigenvalue weighted by atomic mass is 9.95. The van der Waals surface area contributed by atoms with Crippen molar-refractivity contribution in [3.63, 3.8) is 0 Å². The quantitative estimate of drug-likeness (QED) is 0.187. The van der Waals surface area contributed by atoms with Gasteiger partial charge in [-0.3, -0.25) is 9.78 Å². The maximum atomic E-state index is 12.8. The van der Waals surface area contributed by atoms with Crippen LogP contribution in [0.15, 0.2) is 72.9 Å². The molecule has 5 rings (SSSR count). The summed E-state index contributed by atoms with van der Waals surface area (Å²) in [5.74, 6) is 0.476. The molecule has 1 amide bonds. The Bertz CT molecular complexity index is 1670. The average Bonchev–Trinajstić information content (AvgIpc) is 3.52. The van der Waals surface area contributed by atoms with Gasteiger partial charge in [-0.1, -0.05) is 26.8 Å².